The van der Waals surface area contributed by atoms with Gasteiger partial charge in [0.1, 0.15) is 5.84 Å². The molecule has 5 aromatic carbocycles. The predicted molar refractivity (Wildman–Crippen MR) is 212 cm³/mol. The second-order valence-corrected chi connectivity index (χ2v) is 12.7. The Morgan fingerprint density at radius 3 is 2.18 bits per heavy atom. The van der Waals surface area contributed by atoms with E-state index in [0.717, 1.165) is 78.4 Å². The van der Waals surface area contributed by atoms with Gasteiger partial charge in [-0.05, 0) is 64.5 Å². The van der Waals surface area contributed by atoms with Crippen LogP contribution in [0, 0.1) is 10.8 Å². The van der Waals surface area contributed by atoms with E-state index >= 15 is 0 Å². The number of nitrogens with zero attached hydrogens (tertiary/aromatic N) is 2. The first-order valence-electron chi connectivity index (χ1n) is 16.2. The topological polar surface area (TPSA) is 72.4 Å². The molecule has 1 aliphatic rings. The lowest BCUT2D eigenvalue weighted by atomic mass is 9.94. The number of aliphatic imine (C=N–C) groups is 2. The minimum atomic E-state index is 0.231. The van der Waals surface area contributed by atoms with Gasteiger partial charge in [-0.3, -0.25) is 5.41 Å². The van der Waals surface area contributed by atoms with E-state index in [4.69, 9.17) is 20.8 Å². The fraction of sp³-hybridized carbons (Fsp3) is 0.0455. The van der Waals surface area contributed by atoms with Crippen LogP contribution in [0.3, 0.4) is 0 Å². The fourth-order valence-electron chi connectivity index (χ4n) is 6.19. The van der Waals surface area contributed by atoms with Crippen LogP contribution in [0.25, 0.3) is 48.0 Å². The number of benzene rings is 5. The lowest BCUT2D eigenvalue weighted by Crippen LogP contribution is -2.06. The molecular formula is C44H34N4S. The van der Waals surface area contributed by atoms with Crippen molar-refractivity contribution in [3.63, 3.8) is 0 Å². The number of rotatable bonds is 8. The van der Waals surface area contributed by atoms with E-state index in [-0.39, 0.29) is 5.84 Å². The molecule has 0 saturated carbocycles. The number of nitrogens with one attached hydrogen (secondary N) is 2. The average Bonchev–Trinajstić information content (AvgIpc) is 3.56. The van der Waals surface area contributed by atoms with E-state index in [0.29, 0.717) is 5.84 Å². The molecule has 0 saturated heterocycles. The molecule has 1 heterocycles. The number of amidine groups is 2. The van der Waals surface area contributed by atoms with E-state index in [1.807, 2.05) is 66.9 Å². The molecule has 1 aliphatic carbocycles. The van der Waals surface area contributed by atoms with Crippen molar-refractivity contribution in [1.29, 1.82) is 10.8 Å². The summed E-state index contributed by atoms with van der Waals surface area (Å²) in [5.41, 5.74) is 9.19. The second kappa shape index (κ2) is 14.4. The summed E-state index contributed by atoms with van der Waals surface area (Å²) in [5, 5.41) is 18.9. The summed E-state index contributed by atoms with van der Waals surface area (Å²) >= 11 is 1.75. The van der Waals surface area contributed by atoms with E-state index in [2.05, 4.69) is 85.5 Å². The molecule has 1 aromatic heterocycles. The Morgan fingerprint density at radius 1 is 0.796 bits per heavy atom. The first-order valence-corrected chi connectivity index (χ1v) is 17.1. The molecule has 49 heavy (non-hydrogen) atoms. The molecule has 0 unspecified atom stereocenters. The molecule has 0 atom stereocenters. The Balaban J connectivity index is 1.49. The van der Waals surface area contributed by atoms with Gasteiger partial charge < -0.3 is 5.41 Å². The normalized spacial score (nSPS) is 13.6. The van der Waals surface area contributed by atoms with Crippen LogP contribution in [0.4, 0.5) is 0 Å². The first kappa shape index (κ1) is 31.6. The van der Waals surface area contributed by atoms with Crippen LogP contribution in [0.2, 0.25) is 0 Å². The number of fused-ring (bicyclic) bond motifs is 3. The Labute approximate surface area is 290 Å². The van der Waals surface area contributed by atoms with Gasteiger partial charge in [-0.15, -0.1) is 11.3 Å². The summed E-state index contributed by atoms with van der Waals surface area (Å²) in [5.74, 6) is 0.720. The van der Waals surface area contributed by atoms with Gasteiger partial charge in [-0.1, -0.05) is 134 Å². The van der Waals surface area contributed by atoms with Crippen LogP contribution in [0.5, 0.6) is 0 Å². The molecule has 0 spiro atoms. The van der Waals surface area contributed by atoms with Crippen LogP contribution in [-0.2, 0) is 0 Å². The quantitative estimate of drug-likeness (QED) is 0.0935. The molecule has 6 aromatic rings. The number of hydrogen-bond donors (Lipinski definition) is 2. The standard InChI is InChI=1S/C44H34N4S/c1-2-30(25-26-45)37-24-23-35(29-47-44(34-21-13-6-14-22-34)48-43(46)33-19-11-5-12-20-33)40-39-28-36(31-15-7-3-8-16-31)27-38(41(39)49-42(37)40)32-17-9-4-10-18-32/h2-11,13-19,21-29,45-46H,1,12,20H2/b30-25+,45-26?,46-43?,47-29?,48-44?. The van der Waals surface area contributed by atoms with Crippen molar-refractivity contribution in [3.05, 3.63) is 174 Å². The van der Waals surface area contributed by atoms with Gasteiger partial charge in [0.25, 0.3) is 0 Å². The molecule has 2 N–H and O–H groups in total. The van der Waals surface area contributed by atoms with Crippen molar-refractivity contribution in [2.24, 2.45) is 9.98 Å². The highest BCUT2D eigenvalue weighted by Crippen LogP contribution is 2.46. The van der Waals surface area contributed by atoms with Gasteiger partial charge in [0.2, 0.25) is 0 Å². The number of thiophene rings is 1. The maximum atomic E-state index is 8.81. The highest BCUT2D eigenvalue weighted by Gasteiger charge is 2.19. The fourth-order valence-corrected chi connectivity index (χ4v) is 7.58. The summed E-state index contributed by atoms with van der Waals surface area (Å²) in [6.07, 6.45) is 14.6. The molecule has 0 fully saturated rings. The van der Waals surface area contributed by atoms with E-state index < -0.39 is 0 Å². The van der Waals surface area contributed by atoms with Crippen molar-refractivity contribution in [2.45, 2.75) is 12.8 Å². The Morgan fingerprint density at radius 2 is 1.51 bits per heavy atom. The zero-order valence-electron chi connectivity index (χ0n) is 26.9. The number of allylic oxidation sites excluding steroid dienone is 6. The lowest BCUT2D eigenvalue weighted by Gasteiger charge is -2.10. The number of hydrogen-bond acceptors (Lipinski definition) is 3. The van der Waals surface area contributed by atoms with Crippen LogP contribution < -0.4 is 0 Å². The third-order valence-corrected chi connectivity index (χ3v) is 9.90. The SMILES string of the molecule is C=C/C(=C\C=N)c1ccc(C=NC(=NC(=N)C2=CC=CCC2)c2ccccc2)c2c1sc1c(-c3ccccc3)cc(-c3ccccc3)cc12. The highest BCUT2D eigenvalue weighted by molar-refractivity contribution is 7.26. The van der Waals surface area contributed by atoms with Crippen molar-refractivity contribution in [3.8, 4) is 22.3 Å². The van der Waals surface area contributed by atoms with Crippen LogP contribution >= 0.6 is 11.3 Å². The molecule has 7 rings (SSSR count). The third-order valence-electron chi connectivity index (χ3n) is 8.63. The minimum Gasteiger partial charge on any atom is -0.309 e. The zero-order chi connectivity index (χ0) is 33.6. The molecular weight excluding hydrogens is 617 g/mol. The summed E-state index contributed by atoms with van der Waals surface area (Å²) in [6.45, 7) is 4.08. The van der Waals surface area contributed by atoms with Crippen LogP contribution in [-0.4, -0.2) is 24.1 Å². The molecule has 0 aliphatic heterocycles. The van der Waals surface area contributed by atoms with Crippen LogP contribution in [0.15, 0.2) is 168 Å². The molecule has 0 radical (unpaired) electrons. The van der Waals surface area contributed by atoms with Gasteiger partial charge >= 0.3 is 0 Å². The third kappa shape index (κ3) is 6.57. The summed E-state index contributed by atoms with van der Waals surface area (Å²) in [4.78, 5) is 9.76. The molecule has 4 nitrogen and oxygen atoms in total. The van der Waals surface area contributed by atoms with Crippen LogP contribution in [0.1, 0.15) is 29.5 Å². The lowest BCUT2D eigenvalue weighted by molar-refractivity contribution is 0.996. The van der Waals surface area contributed by atoms with Crippen molar-refractivity contribution in [1.82, 2.24) is 0 Å². The van der Waals surface area contributed by atoms with Gasteiger partial charge in [0.05, 0.1) is 0 Å². The maximum absolute atomic E-state index is 8.81. The Hall–Kier alpha value is -6.04. The van der Waals surface area contributed by atoms with Crippen molar-refractivity contribution < 1.29 is 0 Å². The average molecular weight is 651 g/mol. The largest absolute Gasteiger partial charge is 0.309 e. The highest BCUT2D eigenvalue weighted by atomic mass is 32.1. The Bertz CT molecular complexity index is 2360. The van der Waals surface area contributed by atoms with E-state index in [9.17, 15) is 0 Å². The minimum absolute atomic E-state index is 0.231. The maximum Gasteiger partial charge on any atom is 0.161 e. The van der Waals surface area contributed by atoms with Gasteiger partial charge in [-0.2, -0.15) is 0 Å². The zero-order valence-corrected chi connectivity index (χ0v) is 27.8. The molecule has 0 amide bonds. The van der Waals surface area contributed by atoms with Crippen molar-refractivity contribution in [2.75, 3.05) is 0 Å². The molecule has 0 bridgehead atoms. The van der Waals surface area contributed by atoms with Gasteiger partial charge in [-0.25, -0.2) is 9.98 Å². The predicted octanol–water partition coefficient (Wildman–Crippen LogP) is 11.7. The first-order chi connectivity index (χ1) is 24.1. The monoisotopic (exact) mass is 650 g/mol. The van der Waals surface area contributed by atoms with Gasteiger partial charge in [0, 0.05) is 49.3 Å². The van der Waals surface area contributed by atoms with Crippen molar-refractivity contribution >= 4 is 61.2 Å². The smallest absolute Gasteiger partial charge is 0.161 e. The molecule has 5 heteroatoms. The summed E-state index contributed by atoms with van der Waals surface area (Å²) in [6, 6.07) is 39.6. The molecule has 236 valence electrons. The second-order valence-electron chi connectivity index (χ2n) is 11.7. The van der Waals surface area contributed by atoms with E-state index in [1.54, 1.807) is 17.4 Å². The summed E-state index contributed by atoms with van der Waals surface area (Å²) < 4.78 is 2.27. The van der Waals surface area contributed by atoms with Gasteiger partial charge in [0.15, 0.2) is 5.84 Å². The van der Waals surface area contributed by atoms with E-state index in [1.165, 1.54) is 10.9 Å². The summed E-state index contributed by atoms with van der Waals surface area (Å²) in [7, 11) is 0. The Kier molecular flexibility index (Phi) is 9.26.